The summed E-state index contributed by atoms with van der Waals surface area (Å²) in [6, 6.07) is 1.80. The molecule has 0 fully saturated rings. The first kappa shape index (κ1) is 11.9. The van der Waals surface area contributed by atoms with Crippen LogP contribution in [0.5, 0.6) is 5.88 Å². The molecule has 1 heterocycles. The molecule has 1 aliphatic rings. The van der Waals surface area contributed by atoms with Gasteiger partial charge in [-0.3, -0.25) is 4.79 Å². The summed E-state index contributed by atoms with van der Waals surface area (Å²) < 4.78 is 5.02. The van der Waals surface area contributed by atoms with E-state index < -0.39 is 12.1 Å². The van der Waals surface area contributed by atoms with E-state index in [1.54, 1.807) is 19.4 Å². The fourth-order valence-electron chi connectivity index (χ4n) is 2.27. The van der Waals surface area contributed by atoms with Gasteiger partial charge in [-0.15, -0.1) is 0 Å². The van der Waals surface area contributed by atoms with Crippen LogP contribution in [-0.2, 0) is 11.2 Å². The number of carbonyl (C=O) groups is 1. The second-order valence-corrected chi connectivity index (χ2v) is 4.27. The number of ether oxygens (including phenoxy) is 1. The van der Waals surface area contributed by atoms with Crippen LogP contribution in [0.25, 0.3) is 0 Å². The van der Waals surface area contributed by atoms with Gasteiger partial charge in [0.2, 0.25) is 5.88 Å². The van der Waals surface area contributed by atoms with Crippen LogP contribution in [0.4, 0.5) is 0 Å². The first-order valence-corrected chi connectivity index (χ1v) is 5.54. The molecule has 0 amide bonds. The van der Waals surface area contributed by atoms with E-state index in [-0.39, 0.29) is 12.3 Å². The zero-order chi connectivity index (χ0) is 12.4. The van der Waals surface area contributed by atoms with Crippen molar-refractivity contribution >= 4 is 5.97 Å². The number of aryl methyl sites for hydroxylation is 1. The second kappa shape index (κ2) is 4.71. The Labute approximate surface area is 99.1 Å². The Balaban J connectivity index is 2.23. The van der Waals surface area contributed by atoms with Crippen LogP contribution in [-0.4, -0.2) is 28.3 Å². The standard InChI is InChI=1S/C12H15NO4/c1-17-10-4-7-2-3-8(5-11(14)15)12(16)9(7)6-13-10/h4,6,8,12,16H,2-3,5H2,1H3,(H,14,15). The molecule has 2 rings (SSSR count). The number of aliphatic hydroxyl groups is 1. The highest BCUT2D eigenvalue weighted by molar-refractivity contribution is 5.67. The van der Waals surface area contributed by atoms with E-state index in [1.165, 1.54) is 0 Å². The van der Waals surface area contributed by atoms with E-state index in [0.29, 0.717) is 12.3 Å². The molecule has 0 spiro atoms. The molecule has 0 aliphatic heterocycles. The summed E-state index contributed by atoms with van der Waals surface area (Å²) in [5.74, 6) is -0.582. The van der Waals surface area contributed by atoms with Gasteiger partial charge in [0.15, 0.2) is 0 Å². The van der Waals surface area contributed by atoms with Crippen LogP contribution in [0.2, 0.25) is 0 Å². The lowest BCUT2D eigenvalue weighted by atomic mass is 9.81. The maximum atomic E-state index is 10.7. The van der Waals surface area contributed by atoms with Gasteiger partial charge >= 0.3 is 5.97 Å². The molecule has 1 aromatic heterocycles. The summed E-state index contributed by atoms with van der Waals surface area (Å²) in [5.41, 5.74) is 1.72. The number of pyridine rings is 1. The molecular formula is C12H15NO4. The van der Waals surface area contributed by atoms with E-state index in [9.17, 15) is 9.90 Å². The number of aromatic nitrogens is 1. The van der Waals surface area contributed by atoms with E-state index in [4.69, 9.17) is 9.84 Å². The lowest BCUT2D eigenvalue weighted by molar-refractivity contribution is -0.139. The van der Waals surface area contributed by atoms with Crippen molar-refractivity contribution in [1.82, 2.24) is 4.98 Å². The number of carboxylic acids is 1. The Morgan fingerprint density at radius 2 is 2.41 bits per heavy atom. The van der Waals surface area contributed by atoms with Crippen molar-refractivity contribution in [2.24, 2.45) is 5.92 Å². The summed E-state index contributed by atoms with van der Waals surface area (Å²) in [5, 5.41) is 18.9. The fourth-order valence-corrected chi connectivity index (χ4v) is 2.27. The van der Waals surface area contributed by atoms with Crippen molar-refractivity contribution in [3.05, 3.63) is 23.4 Å². The number of aliphatic hydroxyl groups excluding tert-OH is 1. The van der Waals surface area contributed by atoms with Gasteiger partial charge in [-0.05, 0) is 24.3 Å². The molecular weight excluding hydrogens is 222 g/mol. The Kier molecular flexibility index (Phi) is 3.28. The number of fused-ring (bicyclic) bond motifs is 1. The van der Waals surface area contributed by atoms with E-state index in [1.807, 2.05) is 0 Å². The predicted molar refractivity (Wildman–Crippen MR) is 59.8 cm³/mol. The highest BCUT2D eigenvalue weighted by atomic mass is 16.5. The third-order valence-corrected chi connectivity index (χ3v) is 3.19. The minimum Gasteiger partial charge on any atom is -0.481 e. The lowest BCUT2D eigenvalue weighted by Crippen LogP contribution is -2.23. The molecule has 0 saturated heterocycles. The van der Waals surface area contributed by atoms with E-state index in [2.05, 4.69) is 4.98 Å². The molecule has 1 aromatic rings. The number of carboxylic acid groups (broad SMARTS) is 1. The Bertz CT molecular complexity index is 433. The van der Waals surface area contributed by atoms with Gasteiger partial charge in [-0.1, -0.05) is 0 Å². The second-order valence-electron chi connectivity index (χ2n) is 4.27. The summed E-state index contributed by atoms with van der Waals surface area (Å²) in [4.78, 5) is 14.7. The van der Waals surface area contributed by atoms with Crippen LogP contribution in [0.1, 0.15) is 30.1 Å². The summed E-state index contributed by atoms with van der Waals surface area (Å²) in [6.45, 7) is 0. The predicted octanol–water partition coefficient (Wildman–Crippen LogP) is 1.16. The van der Waals surface area contributed by atoms with Gasteiger partial charge in [0, 0.05) is 17.8 Å². The van der Waals surface area contributed by atoms with Gasteiger partial charge in [0.1, 0.15) is 0 Å². The highest BCUT2D eigenvalue weighted by Crippen LogP contribution is 2.36. The molecule has 0 bridgehead atoms. The minimum absolute atomic E-state index is 0.00731. The smallest absolute Gasteiger partial charge is 0.303 e. The maximum Gasteiger partial charge on any atom is 0.303 e. The van der Waals surface area contributed by atoms with Crippen LogP contribution in [0, 0.1) is 5.92 Å². The largest absolute Gasteiger partial charge is 0.481 e. The van der Waals surface area contributed by atoms with Gasteiger partial charge in [0.05, 0.1) is 19.6 Å². The molecule has 2 atom stereocenters. The third kappa shape index (κ3) is 2.39. The molecule has 1 aliphatic carbocycles. The number of hydrogen-bond acceptors (Lipinski definition) is 4. The van der Waals surface area contributed by atoms with Gasteiger partial charge in [0.25, 0.3) is 0 Å². The van der Waals surface area contributed by atoms with Crippen molar-refractivity contribution in [2.75, 3.05) is 7.11 Å². The van der Waals surface area contributed by atoms with Gasteiger partial charge < -0.3 is 14.9 Å². The molecule has 0 radical (unpaired) electrons. The van der Waals surface area contributed by atoms with Crippen LogP contribution in [0.3, 0.4) is 0 Å². The molecule has 5 heteroatoms. The molecule has 2 unspecified atom stereocenters. The molecule has 92 valence electrons. The van der Waals surface area contributed by atoms with Gasteiger partial charge in [-0.2, -0.15) is 0 Å². The van der Waals surface area contributed by atoms with Crippen molar-refractivity contribution in [2.45, 2.75) is 25.4 Å². The average molecular weight is 237 g/mol. The number of aliphatic carboxylic acids is 1. The number of hydrogen-bond donors (Lipinski definition) is 2. The zero-order valence-electron chi connectivity index (χ0n) is 9.59. The van der Waals surface area contributed by atoms with Crippen LogP contribution < -0.4 is 4.74 Å². The van der Waals surface area contributed by atoms with Crippen LogP contribution >= 0.6 is 0 Å². The Hall–Kier alpha value is -1.62. The monoisotopic (exact) mass is 237 g/mol. The quantitative estimate of drug-likeness (QED) is 0.824. The number of nitrogens with zero attached hydrogens (tertiary/aromatic N) is 1. The highest BCUT2D eigenvalue weighted by Gasteiger charge is 2.30. The third-order valence-electron chi connectivity index (χ3n) is 3.19. The first-order valence-electron chi connectivity index (χ1n) is 5.54. The van der Waals surface area contributed by atoms with Crippen molar-refractivity contribution in [1.29, 1.82) is 0 Å². The normalized spacial score (nSPS) is 22.9. The zero-order valence-corrected chi connectivity index (χ0v) is 9.59. The molecule has 2 N–H and O–H groups in total. The maximum absolute atomic E-state index is 10.7. The minimum atomic E-state index is -0.876. The van der Waals surface area contributed by atoms with Gasteiger partial charge in [-0.25, -0.2) is 4.98 Å². The Morgan fingerprint density at radius 1 is 1.65 bits per heavy atom. The average Bonchev–Trinajstić information content (AvgIpc) is 2.32. The number of methoxy groups -OCH3 is 1. The molecule has 17 heavy (non-hydrogen) atoms. The summed E-state index contributed by atoms with van der Waals surface area (Å²) in [6.07, 6.45) is 2.25. The van der Waals surface area contributed by atoms with Crippen LogP contribution in [0.15, 0.2) is 12.3 Å². The van der Waals surface area contributed by atoms with E-state index in [0.717, 1.165) is 17.5 Å². The number of rotatable bonds is 3. The van der Waals surface area contributed by atoms with Crippen molar-refractivity contribution in [3.63, 3.8) is 0 Å². The fraction of sp³-hybridized carbons (Fsp3) is 0.500. The first-order chi connectivity index (χ1) is 8.11. The SMILES string of the molecule is COc1cc2c(cn1)C(O)C(CC(=O)O)CC2. The summed E-state index contributed by atoms with van der Waals surface area (Å²) in [7, 11) is 1.54. The summed E-state index contributed by atoms with van der Waals surface area (Å²) >= 11 is 0. The van der Waals surface area contributed by atoms with Crippen molar-refractivity contribution < 1.29 is 19.7 Å². The molecule has 5 nitrogen and oxygen atoms in total. The topological polar surface area (TPSA) is 79.7 Å². The lowest BCUT2D eigenvalue weighted by Gasteiger charge is -2.28. The Morgan fingerprint density at radius 3 is 3.06 bits per heavy atom. The molecule has 0 saturated carbocycles. The van der Waals surface area contributed by atoms with E-state index >= 15 is 0 Å². The van der Waals surface area contributed by atoms with Crippen molar-refractivity contribution in [3.8, 4) is 5.88 Å². The molecule has 0 aromatic carbocycles.